The number of para-hydroxylation sites is 1. The summed E-state index contributed by atoms with van der Waals surface area (Å²) in [6, 6.07) is 7.61. The quantitative estimate of drug-likeness (QED) is 0.624. The van der Waals surface area contributed by atoms with E-state index >= 15 is 0 Å². The number of allylic oxidation sites excluding steroid dienone is 3. The smallest absolute Gasteiger partial charge is 0.244 e. The van der Waals surface area contributed by atoms with Crippen molar-refractivity contribution in [2.24, 2.45) is 0 Å². The molecule has 0 aliphatic carbocycles. The fourth-order valence-corrected chi connectivity index (χ4v) is 1.34. The number of rotatable bonds is 5. The zero-order valence-electron chi connectivity index (χ0n) is 10.1. The van der Waals surface area contributed by atoms with Gasteiger partial charge >= 0.3 is 0 Å². The van der Waals surface area contributed by atoms with Gasteiger partial charge in [-0.25, -0.2) is 0 Å². The minimum atomic E-state index is -0.117. The van der Waals surface area contributed by atoms with Crippen molar-refractivity contribution >= 4 is 5.91 Å². The summed E-state index contributed by atoms with van der Waals surface area (Å²) < 4.78 is 5.20. The molecule has 1 rings (SSSR count). The Labute approximate surface area is 102 Å². The van der Waals surface area contributed by atoms with Crippen LogP contribution in [0.5, 0.6) is 5.75 Å². The maximum atomic E-state index is 11.4. The van der Waals surface area contributed by atoms with Gasteiger partial charge in [0.2, 0.25) is 5.91 Å². The van der Waals surface area contributed by atoms with Gasteiger partial charge in [-0.3, -0.25) is 4.79 Å². The van der Waals surface area contributed by atoms with Gasteiger partial charge < -0.3 is 10.1 Å². The van der Waals surface area contributed by atoms with E-state index < -0.39 is 0 Å². The Hall–Kier alpha value is -2.03. The van der Waals surface area contributed by atoms with E-state index in [4.69, 9.17) is 4.74 Å². The van der Waals surface area contributed by atoms with E-state index in [2.05, 4.69) is 5.32 Å². The largest absolute Gasteiger partial charge is 0.496 e. The van der Waals surface area contributed by atoms with E-state index in [0.29, 0.717) is 6.54 Å². The first-order chi connectivity index (χ1) is 8.27. The topological polar surface area (TPSA) is 38.3 Å². The van der Waals surface area contributed by atoms with Crippen LogP contribution >= 0.6 is 0 Å². The third kappa shape index (κ3) is 4.55. The second kappa shape index (κ2) is 7.28. The number of hydrogen-bond acceptors (Lipinski definition) is 2. The molecule has 1 aromatic rings. The van der Waals surface area contributed by atoms with Gasteiger partial charge in [0.05, 0.1) is 7.11 Å². The number of carbonyl (C=O) groups is 1. The molecule has 3 heteroatoms. The fourth-order valence-electron chi connectivity index (χ4n) is 1.34. The lowest BCUT2D eigenvalue weighted by molar-refractivity contribution is -0.116. The van der Waals surface area contributed by atoms with Crippen LogP contribution in [-0.4, -0.2) is 13.0 Å². The van der Waals surface area contributed by atoms with E-state index in [0.717, 1.165) is 11.3 Å². The lowest BCUT2D eigenvalue weighted by Crippen LogP contribution is -2.20. The zero-order chi connectivity index (χ0) is 12.5. The minimum Gasteiger partial charge on any atom is -0.496 e. The van der Waals surface area contributed by atoms with Crippen molar-refractivity contribution in [2.75, 3.05) is 7.11 Å². The highest BCUT2D eigenvalue weighted by atomic mass is 16.5. The van der Waals surface area contributed by atoms with E-state index in [1.807, 2.05) is 43.3 Å². The van der Waals surface area contributed by atoms with Crippen LogP contribution < -0.4 is 10.1 Å². The van der Waals surface area contributed by atoms with Gasteiger partial charge in [-0.1, -0.05) is 36.4 Å². The second-order valence-electron chi connectivity index (χ2n) is 3.41. The van der Waals surface area contributed by atoms with E-state index in [1.165, 1.54) is 6.08 Å². The Morgan fingerprint density at radius 3 is 2.82 bits per heavy atom. The highest BCUT2D eigenvalue weighted by Crippen LogP contribution is 2.16. The summed E-state index contributed by atoms with van der Waals surface area (Å²) in [5.74, 6) is 0.666. The van der Waals surface area contributed by atoms with Crippen LogP contribution in [0.25, 0.3) is 0 Å². The maximum absolute atomic E-state index is 11.4. The Bertz CT molecular complexity index is 422. The van der Waals surface area contributed by atoms with E-state index in [9.17, 15) is 4.79 Å². The van der Waals surface area contributed by atoms with Gasteiger partial charge in [0.25, 0.3) is 0 Å². The summed E-state index contributed by atoms with van der Waals surface area (Å²) >= 11 is 0. The fraction of sp³-hybridized carbons (Fsp3) is 0.214. The number of benzene rings is 1. The molecule has 0 unspecified atom stereocenters. The average Bonchev–Trinajstić information content (AvgIpc) is 2.37. The molecule has 0 aliphatic heterocycles. The highest BCUT2D eigenvalue weighted by molar-refractivity contribution is 5.87. The highest BCUT2D eigenvalue weighted by Gasteiger charge is 2.02. The van der Waals surface area contributed by atoms with Crippen molar-refractivity contribution in [3.8, 4) is 5.75 Å². The molecule has 1 N–H and O–H groups in total. The Morgan fingerprint density at radius 2 is 2.12 bits per heavy atom. The molecule has 3 nitrogen and oxygen atoms in total. The normalized spacial score (nSPS) is 10.9. The van der Waals surface area contributed by atoms with Crippen molar-refractivity contribution < 1.29 is 9.53 Å². The lowest BCUT2D eigenvalue weighted by Gasteiger charge is -2.07. The molecule has 0 fully saturated rings. The van der Waals surface area contributed by atoms with Crippen LogP contribution in [0, 0.1) is 0 Å². The van der Waals surface area contributed by atoms with Gasteiger partial charge in [-0.05, 0) is 13.0 Å². The molecule has 0 aliphatic rings. The number of amides is 1. The number of carbonyl (C=O) groups excluding carboxylic acids is 1. The molecule has 17 heavy (non-hydrogen) atoms. The van der Waals surface area contributed by atoms with Gasteiger partial charge in [0.1, 0.15) is 5.75 Å². The van der Waals surface area contributed by atoms with Crippen molar-refractivity contribution in [1.29, 1.82) is 0 Å². The summed E-state index contributed by atoms with van der Waals surface area (Å²) in [6.07, 6.45) is 6.87. The average molecular weight is 231 g/mol. The molecular formula is C14H17NO2. The van der Waals surface area contributed by atoms with Crippen LogP contribution in [-0.2, 0) is 11.3 Å². The molecule has 0 heterocycles. The van der Waals surface area contributed by atoms with Crippen molar-refractivity contribution in [3.63, 3.8) is 0 Å². The predicted molar refractivity (Wildman–Crippen MR) is 68.8 cm³/mol. The summed E-state index contributed by atoms with van der Waals surface area (Å²) in [5.41, 5.74) is 0.961. The molecule has 0 bridgehead atoms. The molecule has 0 saturated carbocycles. The number of ether oxygens (including phenoxy) is 1. The summed E-state index contributed by atoms with van der Waals surface area (Å²) in [7, 11) is 1.62. The molecule has 0 saturated heterocycles. The molecule has 0 spiro atoms. The minimum absolute atomic E-state index is 0.117. The third-order valence-corrected chi connectivity index (χ3v) is 2.20. The standard InChI is InChI=1S/C14H17NO2/c1-3-4-5-10-14(16)15-11-12-8-6-7-9-13(12)17-2/h3-10H,11H2,1-2H3,(H,15,16)/b4-3+,10-5-. The molecular weight excluding hydrogens is 214 g/mol. The third-order valence-electron chi connectivity index (χ3n) is 2.20. The lowest BCUT2D eigenvalue weighted by atomic mass is 10.2. The van der Waals surface area contributed by atoms with Crippen LogP contribution in [0.3, 0.4) is 0 Å². The molecule has 1 amide bonds. The van der Waals surface area contributed by atoms with Gasteiger partial charge in [0.15, 0.2) is 0 Å². The zero-order valence-corrected chi connectivity index (χ0v) is 10.1. The van der Waals surface area contributed by atoms with Crippen molar-refractivity contribution in [2.45, 2.75) is 13.5 Å². The van der Waals surface area contributed by atoms with Crippen LogP contribution in [0.2, 0.25) is 0 Å². The monoisotopic (exact) mass is 231 g/mol. The molecule has 0 aromatic heterocycles. The maximum Gasteiger partial charge on any atom is 0.244 e. The summed E-state index contributed by atoms with van der Waals surface area (Å²) in [5, 5.41) is 2.79. The van der Waals surface area contributed by atoms with E-state index in [1.54, 1.807) is 13.2 Å². The second-order valence-corrected chi connectivity index (χ2v) is 3.41. The Balaban J connectivity index is 2.52. The van der Waals surface area contributed by atoms with Crippen LogP contribution in [0.1, 0.15) is 12.5 Å². The van der Waals surface area contributed by atoms with Crippen molar-refractivity contribution in [1.82, 2.24) is 5.32 Å². The first kappa shape index (κ1) is 13.0. The van der Waals surface area contributed by atoms with Gasteiger partial charge in [-0.15, -0.1) is 0 Å². The van der Waals surface area contributed by atoms with Gasteiger partial charge in [-0.2, -0.15) is 0 Å². The molecule has 1 aromatic carbocycles. The first-order valence-corrected chi connectivity index (χ1v) is 5.47. The predicted octanol–water partition coefficient (Wildman–Crippen LogP) is 2.44. The molecule has 90 valence electrons. The number of hydrogen-bond donors (Lipinski definition) is 1. The summed E-state index contributed by atoms with van der Waals surface area (Å²) in [4.78, 5) is 11.4. The molecule has 0 radical (unpaired) electrons. The SMILES string of the molecule is C/C=C/C=C\C(=O)NCc1ccccc1OC. The number of nitrogens with one attached hydrogen (secondary N) is 1. The molecule has 0 atom stereocenters. The Morgan fingerprint density at radius 1 is 1.35 bits per heavy atom. The summed E-state index contributed by atoms with van der Waals surface area (Å²) in [6.45, 7) is 2.36. The van der Waals surface area contributed by atoms with Crippen LogP contribution in [0.4, 0.5) is 0 Å². The van der Waals surface area contributed by atoms with Crippen LogP contribution in [0.15, 0.2) is 48.6 Å². The first-order valence-electron chi connectivity index (χ1n) is 5.47. The van der Waals surface area contributed by atoms with Gasteiger partial charge in [0, 0.05) is 18.2 Å². The number of methoxy groups -OCH3 is 1. The van der Waals surface area contributed by atoms with Crippen molar-refractivity contribution in [3.05, 3.63) is 54.1 Å². The Kier molecular flexibility index (Phi) is 5.58. The van der Waals surface area contributed by atoms with E-state index in [-0.39, 0.29) is 5.91 Å².